The highest BCUT2D eigenvalue weighted by Gasteiger charge is 2.28. The topological polar surface area (TPSA) is 26.3 Å². The average Bonchev–Trinajstić information content (AvgIpc) is 1.98. The molecule has 0 radical (unpaired) electrons. The molecule has 1 unspecified atom stereocenters. The van der Waals surface area contributed by atoms with Crippen LogP contribution in [-0.4, -0.2) is 25.7 Å². The number of esters is 1. The van der Waals surface area contributed by atoms with Crippen molar-refractivity contribution < 1.29 is 11.0 Å². The van der Waals surface area contributed by atoms with E-state index in [4.69, 9.17) is 4.74 Å². The predicted octanol–water partition coefficient (Wildman–Crippen LogP) is 3.11. The van der Waals surface area contributed by atoms with Crippen molar-refractivity contribution >= 4 is 20.1 Å². The fourth-order valence-corrected chi connectivity index (χ4v) is 2.22. The lowest BCUT2D eigenvalue weighted by atomic mass is 10.2. The van der Waals surface area contributed by atoms with Crippen LogP contribution in [0.2, 0.25) is 15.8 Å². The molecule has 78 valence electrons. The Labute approximate surface area is 87.5 Å². The first-order valence-corrected chi connectivity index (χ1v) is 7.64. The summed E-state index contributed by atoms with van der Waals surface area (Å²) < 4.78 is 5.46. The molecule has 0 rings (SSSR count). The second kappa shape index (κ2) is 5.03. The van der Waals surface area contributed by atoms with E-state index in [0.29, 0.717) is 0 Å². The van der Waals surface area contributed by atoms with E-state index >= 15 is 0 Å². The molecule has 0 aliphatic carbocycles. The predicted molar refractivity (Wildman–Crippen MR) is 59.5 cm³/mol. The van der Waals surface area contributed by atoms with Gasteiger partial charge in [-0.15, -0.1) is 5.79 Å². The Hall–Kier alpha value is 0.00247. The van der Waals surface area contributed by atoms with Crippen molar-refractivity contribution in [2.75, 3.05) is 0 Å². The third kappa shape index (κ3) is 5.34. The van der Waals surface area contributed by atoms with Crippen molar-refractivity contribution in [3.05, 3.63) is 0 Å². The standard InChI is InChI=1S/C7H13O2.C2H5.CH3.Al.H2/c1-5-6(8)9-7(2,3)4;1-2;;;/h5H,1-4H3;1H2,2H3;1H3;;1H. The lowest BCUT2D eigenvalue weighted by molar-refractivity contribution is -0.154. The first-order chi connectivity index (χ1) is 5.78. The van der Waals surface area contributed by atoms with Crippen molar-refractivity contribution in [1.29, 1.82) is 0 Å². The van der Waals surface area contributed by atoms with E-state index in [9.17, 15) is 4.79 Å². The highest BCUT2D eigenvalue weighted by Crippen LogP contribution is 2.18. The third-order valence-electron chi connectivity index (χ3n) is 2.28. The molecule has 2 nitrogen and oxygen atoms in total. The van der Waals surface area contributed by atoms with Gasteiger partial charge in [-0.1, -0.05) is 19.1 Å². The molecule has 0 bridgehead atoms. The minimum atomic E-state index is -0.897. The summed E-state index contributed by atoms with van der Waals surface area (Å²) in [5.41, 5.74) is -0.340. The average molecular weight is 202 g/mol. The van der Waals surface area contributed by atoms with Gasteiger partial charge in [-0.25, -0.2) is 0 Å². The van der Waals surface area contributed by atoms with Crippen LogP contribution in [-0.2, 0) is 9.53 Å². The Morgan fingerprint density at radius 1 is 1.54 bits per heavy atom. The zero-order valence-corrected chi connectivity index (χ0v) is 10.8. The van der Waals surface area contributed by atoms with Gasteiger partial charge in [0.15, 0.2) is 0 Å². The van der Waals surface area contributed by atoms with Crippen molar-refractivity contribution in [2.24, 2.45) is 0 Å². The Balaban J connectivity index is 0. The lowest BCUT2D eigenvalue weighted by Crippen LogP contribution is -2.30. The van der Waals surface area contributed by atoms with Gasteiger partial charge < -0.3 is 4.74 Å². The summed E-state index contributed by atoms with van der Waals surface area (Å²) in [6.07, 6.45) is 0. The Morgan fingerprint density at radius 2 is 2.00 bits per heavy atom. The second-order valence-corrected chi connectivity index (χ2v) is 8.48. The van der Waals surface area contributed by atoms with Crippen LogP contribution in [0.15, 0.2) is 0 Å². The molecule has 13 heavy (non-hydrogen) atoms. The molecule has 0 aromatic carbocycles. The second-order valence-electron chi connectivity index (χ2n) is 4.71. The zero-order valence-electron chi connectivity index (χ0n) is 9.68. The van der Waals surface area contributed by atoms with Crippen LogP contribution in [0, 0.1) is 0 Å². The van der Waals surface area contributed by atoms with E-state index in [1.165, 1.54) is 0 Å². The maximum Gasteiger partial charge on any atom is 0.295 e. The van der Waals surface area contributed by atoms with E-state index in [2.05, 4.69) is 12.7 Å². The molecule has 0 heterocycles. The Bertz CT molecular complexity index is 177. The SMILES string of the molecule is C[CH2][Al]([CH3])[CH](C)C(=O)OC(C)(C)C.[HH]. The van der Waals surface area contributed by atoms with Crippen molar-refractivity contribution in [3.63, 3.8) is 0 Å². The molecule has 0 aromatic heterocycles. The monoisotopic (exact) mass is 202 g/mol. The summed E-state index contributed by atoms with van der Waals surface area (Å²) in [7, 11) is 0. The minimum Gasteiger partial charge on any atom is -0.461 e. The van der Waals surface area contributed by atoms with Crippen LogP contribution in [0.3, 0.4) is 0 Å². The van der Waals surface area contributed by atoms with E-state index in [-0.39, 0.29) is 17.8 Å². The fourth-order valence-electron chi connectivity index (χ4n) is 0.981. The smallest absolute Gasteiger partial charge is 0.295 e. The number of ether oxygens (including phenoxy) is 1. The number of carbonyl (C=O) groups is 1. The number of hydrogen-bond acceptors (Lipinski definition) is 2. The van der Waals surface area contributed by atoms with Gasteiger partial charge in [0.1, 0.15) is 5.60 Å². The van der Waals surface area contributed by atoms with Gasteiger partial charge in [-0.05, 0) is 20.8 Å². The van der Waals surface area contributed by atoms with Gasteiger partial charge in [0.25, 0.3) is 20.1 Å². The molecule has 0 aliphatic heterocycles. The first-order valence-electron chi connectivity index (χ1n) is 5.00. The summed E-state index contributed by atoms with van der Waals surface area (Å²) in [6, 6.07) is 0. The van der Waals surface area contributed by atoms with Crippen LogP contribution >= 0.6 is 0 Å². The molecule has 0 aliphatic rings. The molecule has 0 amide bonds. The minimum absolute atomic E-state index is 0. The van der Waals surface area contributed by atoms with Gasteiger partial charge in [-0.3, -0.25) is 4.79 Å². The molecule has 0 aromatic rings. The van der Waals surface area contributed by atoms with Crippen molar-refractivity contribution in [2.45, 2.75) is 56.1 Å². The highest BCUT2D eigenvalue weighted by molar-refractivity contribution is 6.62. The lowest BCUT2D eigenvalue weighted by Gasteiger charge is -2.23. The number of rotatable bonds is 3. The molecule has 0 spiro atoms. The van der Waals surface area contributed by atoms with Crippen LogP contribution in [0.5, 0.6) is 0 Å². The third-order valence-corrected chi connectivity index (χ3v) is 5.54. The summed E-state index contributed by atoms with van der Waals surface area (Å²) in [5.74, 6) is 2.20. The fraction of sp³-hybridized carbons (Fsp3) is 0.900. The van der Waals surface area contributed by atoms with Crippen molar-refractivity contribution in [1.82, 2.24) is 0 Å². The van der Waals surface area contributed by atoms with E-state index < -0.39 is 14.1 Å². The van der Waals surface area contributed by atoms with Crippen LogP contribution in [0.1, 0.15) is 36.0 Å². The number of hydrogen-bond donors (Lipinski definition) is 0. The molecule has 3 heteroatoms. The number of carbonyl (C=O) groups excluding carboxylic acids is 1. The molecular formula is C10H23AlO2. The summed E-state index contributed by atoms with van der Waals surface area (Å²) in [6.45, 7) is 9.88. The van der Waals surface area contributed by atoms with Gasteiger partial charge in [0, 0.05) is 6.21 Å². The van der Waals surface area contributed by atoms with Crippen LogP contribution < -0.4 is 0 Å². The summed E-state index contributed by atoms with van der Waals surface area (Å²) in [5, 5.41) is 1.15. The maximum atomic E-state index is 11.6. The maximum absolute atomic E-state index is 11.6. The molecule has 0 saturated carbocycles. The summed E-state index contributed by atoms with van der Waals surface area (Å²) in [4.78, 5) is 11.6. The van der Waals surface area contributed by atoms with Gasteiger partial charge >= 0.3 is 0 Å². The largest absolute Gasteiger partial charge is 0.461 e. The molecule has 1 atom stereocenters. The molecular weight excluding hydrogens is 179 g/mol. The Morgan fingerprint density at radius 3 is 2.31 bits per heavy atom. The zero-order chi connectivity index (χ0) is 10.6. The Kier molecular flexibility index (Phi) is 5.03. The van der Waals surface area contributed by atoms with Crippen molar-refractivity contribution in [3.8, 4) is 0 Å². The molecule has 0 N–H and O–H groups in total. The highest BCUT2D eigenvalue weighted by atomic mass is 27.2. The van der Waals surface area contributed by atoms with E-state index in [1.54, 1.807) is 0 Å². The quantitative estimate of drug-likeness (QED) is 0.519. The van der Waals surface area contributed by atoms with Gasteiger partial charge in [0.2, 0.25) is 0 Å². The van der Waals surface area contributed by atoms with E-state index in [0.717, 1.165) is 5.28 Å². The molecule has 0 saturated heterocycles. The van der Waals surface area contributed by atoms with Crippen LogP contribution in [0.4, 0.5) is 0 Å². The van der Waals surface area contributed by atoms with Gasteiger partial charge in [0.05, 0.1) is 0 Å². The summed E-state index contributed by atoms with van der Waals surface area (Å²) >= 11 is -0.897. The van der Waals surface area contributed by atoms with Gasteiger partial charge in [-0.2, -0.15) is 0 Å². The van der Waals surface area contributed by atoms with Crippen LogP contribution in [0.25, 0.3) is 0 Å². The molecule has 0 fully saturated rings. The first kappa shape index (κ1) is 13.0. The normalized spacial score (nSPS) is 13.7. The van der Waals surface area contributed by atoms with E-state index in [1.807, 2.05) is 27.7 Å².